The maximum atomic E-state index is 13.0. The Hall–Kier alpha value is -1.80. The number of nitrogen functional groups attached to an aromatic ring is 1. The summed E-state index contributed by atoms with van der Waals surface area (Å²) in [4.78, 5) is 21.4. The molecule has 1 aliphatic rings. The Morgan fingerprint density at radius 1 is 1.21 bits per heavy atom. The number of pyridine rings is 1. The molecule has 2 atom stereocenters. The molecule has 1 unspecified atom stereocenters. The number of nitrogens with zero attached hydrogens (tertiary/aromatic N) is 3. The van der Waals surface area contributed by atoms with E-state index >= 15 is 0 Å². The first-order valence-corrected chi connectivity index (χ1v) is 13.2. The van der Waals surface area contributed by atoms with Crippen molar-refractivity contribution in [2.75, 3.05) is 30.3 Å². The Bertz CT molecular complexity index is 683. The van der Waals surface area contributed by atoms with E-state index in [2.05, 4.69) is 43.7 Å². The van der Waals surface area contributed by atoms with Crippen molar-refractivity contribution < 1.29 is 14.0 Å². The van der Waals surface area contributed by atoms with E-state index in [0.717, 1.165) is 5.69 Å². The van der Waals surface area contributed by atoms with Crippen LogP contribution in [-0.4, -0.2) is 62.4 Å². The highest BCUT2D eigenvalue weighted by Gasteiger charge is 2.43. The van der Waals surface area contributed by atoms with Crippen molar-refractivity contribution in [1.82, 2.24) is 9.88 Å². The molecular formula is C21H38N4O3Si. The minimum absolute atomic E-state index is 0.0915. The molecule has 0 aliphatic carbocycles. The number of anilines is 2. The lowest BCUT2D eigenvalue weighted by Crippen LogP contribution is -2.63. The predicted octanol–water partition coefficient (Wildman–Crippen LogP) is 3.50. The molecule has 1 fully saturated rings. The molecule has 0 bridgehead atoms. The van der Waals surface area contributed by atoms with Crippen molar-refractivity contribution >= 4 is 26.6 Å². The van der Waals surface area contributed by atoms with Gasteiger partial charge in [0.1, 0.15) is 11.4 Å². The highest BCUT2D eigenvalue weighted by molar-refractivity contribution is 6.48. The van der Waals surface area contributed by atoms with E-state index in [1.807, 2.05) is 37.8 Å². The minimum atomic E-state index is -1.33. The highest BCUT2D eigenvalue weighted by Crippen LogP contribution is 2.32. The van der Waals surface area contributed by atoms with Crippen molar-refractivity contribution in [3.63, 3.8) is 0 Å². The first-order chi connectivity index (χ1) is 13.3. The summed E-state index contributed by atoms with van der Waals surface area (Å²) >= 11 is 0. The zero-order chi connectivity index (χ0) is 22.0. The van der Waals surface area contributed by atoms with Crippen molar-refractivity contribution in [2.45, 2.75) is 72.4 Å². The fraction of sp³-hybridized carbons (Fsp3) is 0.714. The molecule has 1 aromatic rings. The molecule has 2 heterocycles. The predicted molar refractivity (Wildman–Crippen MR) is 121 cm³/mol. The quantitative estimate of drug-likeness (QED) is 0.748. The van der Waals surface area contributed by atoms with Crippen LogP contribution in [0, 0.1) is 5.41 Å². The lowest BCUT2D eigenvalue weighted by molar-refractivity contribution is -0.0289. The molecule has 1 saturated heterocycles. The summed E-state index contributed by atoms with van der Waals surface area (Å²) in [6, 6.07) is 3.67. The maximum absolute atomic E-state index is 13.0. The van der Waals surface area contributed by atoms with E-state index in [4.69, 9.17) is 14.9 Å². The number of amides is 1. The molecule has 2 rings (SSSR count). The van der Waals surface area contributed by atoms with Crippen molar-refractivity contribution in [3.05, 3.63) is 18.3 Å². The van der Waals surface area contributed by atoms with E-state index in [1.54, 1.807) is 6.20 Å². The van der Waals surface area contributed by atoms with Crippen LogP contribution in [0.25, 0.3) is 0 Å². The zero-order valence-corrected chi connectivity index (χ0v) is 20.4. The second-order valence-electron chi connectivity index (χ2n) is 10.1. The Labute approximate surface area is 177 Å². The van der Waals surface area contributed by atoms with Gasteiger partial charge in [0.2, 0.25) is 0 Å². The standard InChI is InChI=1S/C21H38N4O3Si/c1-20(2,3)18(28-29(7)8)16-14-24(15-9-10-17(22)23-13-15)11-12-25(16)19(26)27-21(4,5)6/h9-10,13,16,18,29H,11-12,14H2,1-8H3,(H2,22,23)/t16-,18?/m1/s1. The molecule has 0 aromatic carbocycles. The molecule has 1 amide bonds. The molecule has 2 N–H and O–H groups in total. The molecule has 0 radical (unpaired) electrons. The first-order valence-electron chi connectivity index (χ1n) is 10.4. The van der Waals surface area contributed by atoms with Gasteiger partial charge in [-0.2, -0.15) is 0 Å². The summed E-state index contributed by atoms with van der Waals surface area (Å²) in [6.07, 6.45) is 1.42. The van der Waals surface area contributed by atoms with Crippen LogP contribution in [0.3, 0.4) is 0 Å². The number of hydrogen-bond acceptors (Lipinski definition) is 6. The number of hydrogen-bond donors (Lipinski definition) is 1. The van der Waals surface area contributed by atoms with E-state index < -0.39 is 14.6 Å². The summed E-state index contributed by atoms with van der Waals surface area (Å²) < 4.78 is 12.2. The summed E-state index contributed by atoms with van der Waals surface area (Å²) in [5, 5.41) is 0. The molecule has 8 heteroatoms. The fourth-order valence-electron chi connectivity index (χ4n) is 3.60. The number of nitrogens with two attached hydrogens (primary N) is 1. The normalized spacial score (nSPS) is 19.4. The monoisotopic (exact) mass is 422 g/mol. The molecule has 0 spiro atoms. The number of piperazine rings is 1. The van der Waals surface area contributed by atoms with Crippen LogP contribution in [0.1, 0.15) is 41.5 Å². The van der Waals surface area contributed by atoms with Gasteiger partial charge in [-0.1, -0.05) is 20.8 Å². The molecule has 29 heavy (non-hydrogen) atoms. The lowest BCUT2D eigenvalue weighted by Gasteiger charge is -2.49. The third kappa shape index (κ3) is 6.60. The Kier molecular flexibility index (Phi) is 7.22. The van der Waals surface area contributed by atoms with Crippen LogP contribution in [0.2, 0.25) is 13.1 Å². The van der Waals surface area contributed by atoms with Crippen molar-refractivity contribution in [3.8, 4) is 0 Å². The van der Waals surface area contributed by atoms with Gasteiger partial charge in [-0.05, 0) is 51.4 Å². The third-order valence-corrected chi connectivity index (χ3v) is 5.64. The molecule has 1 aliphatic heterocycles. The van der Waals surface area contributed by atoms with Gasteiger partial charge in [0.15, 0.2) is 9.04 Å². The van der Waals surface area contributed by atoms with Gasteiger partial charge >= 0.3 is 6.09 Å². The molecule has 7 nitrogen and oxygen atoms in total. The van der Waals surface area contributed by atoms with Crippen molar-refractivity contribution in [2.24, 2.45) is 5.41 Å². The fourth-order valence-corrected chi connectivity index (χ4v) is 4.78. The van der Waals surface area contributed by atoms with E-state index in [-0.39, 0.29) is 23.7 Å². The van der Waals surface area contributed by atoms with Gasteiger partial charge < -0.3 is 19.8 Å². The van der Waals surface area contributed by atoms with Crippen LogP contribution < -0.4 is 10.6 Å². The SMILES string of the molecule is C[SiH](C)OC([C@H]1CN(c2ccc(N)nc2)CCN1C(=O)OC(C)(C)C)C(C)(C)C. The van der Waals surface area contributed by atoms with E-state index in [9.17, 15) is 4.79 Å². The summed E-state index contributed by atoms with van der Waals surface area (Å²) in [5.74, 6) is 0.499. The van der Waals surface area contributed by atoms with Gasteiger partial charge in [-0.15, -0.1) is 0 Å². The zero-order valence-electron chi connectivity index (χ0n) is 19.2. The second kappa shape index (κ2) is 8.91. The van der Waals surface area contributed by atoms with Gasteiger partial charge in [0, 0.05) is 19.6 Å². The second-order valence-corrected chi connectivity index (χ2v) is 12.5. The van der Waals surface area contributed by atoms with Crippen LogP contribution in [-0.2, 0) is 9.16 Å². The summed E-state index contributed by atoms with van der Waals surface area (Å²) in [7, 11) is -1.33. The molecule has 0 saturated carbocycles. The highest BCUT2D eigenvalue weighted by atomic mass is 28.3. The van der Waals surface area contributed by atoms with Gasteiger partial charge in [-0.25, -0.2) is 9.78 Å². The van der Waals surface area contributed by atoms with Crippen molar-refractivity contribution in [1.29, 1.82) is 0 Å². The average molecular weight is 423 g/mol. The number of ether oxygens (including phenoxy) is 1. The number of aromatic nitrogens is 1. The number of rotatable bonds is 4. The average Bonchev–Trinajstić information content (AvgIpc) is 2.57. The minimum Gasteiger partial charge on any atom is -0.444 e. The lowest BCUT2D eigenvalue weighted by atomic mass is 9.83. The largest absolute Gasteiger partial charge is 0.444 e. The molecule has 1 aromatic heterocycles. The maximum Gasteiger partial charge on any atom is 0.410 e. The van der Waals surface area contributed by atoms with Crippen LogP contribution in [0.5, 0.6) is 0 Å². The van der Waals surface area contributed by atoms with E-state index in [1.165, 1.54) is 0 Å². The molecular weight excluding hydrogens is 384 g/mol. The Morgan fingerprint density at radius 2 is 1.86 bits per heavy atom. The first kappa shape index (κ1) is 23.5. The van der Waals surface area contributed by atoms with Gasteiger partial charge in [0.05, 0.1) is 24.0 Å². The Balaban J connectivity index is 2.35. The number of carbonyl (C=O) groups is 1. The smallest absolute Gasteiger partial charge is 0.410 e. The molecule has 164 valence electrons. The topological polar surface area (TPSA) is 80.9 Å². The van der Waals surface area contributed by atoms with Crippen LogP contribution in [0.4, 0.5) is 16.3 Å². The third-order valence-electron chi connectivity index (χ3n) is 4.80. The number of carbonyl (C=O) groups excluding carboxylic acids is 1. The van der Waals surface area contributed by atoms with Gasteiger partial charge in [-0.3, -0.25) is 4.90 Å². The summed E-state index contributed by atoms with van der Waals surface area (Å²) in [5.41, 5.74) is 6.09. The van der Waals surface area contributed by atoms with Crippen LogP contribution >= 0.6 is 0 Å². The van der Waals surface area contributed by atoms with Crippen LogP contribution in [0.15, 0.2) is 18.3 Å². The summed E-state index contributed by atoms with van der Waals surface area (Å²) in [6.45, 7) is 18.5. The van der Waals surface area contributed by atoms with Gasteiger partial charge in [0.25, 0.3) is 0 Å². The Morgan fingerprint density at radius 3 is 2.34 bits per heavy atom. The van der Waals surface area contributed by atoms with E-state index in [0.29, 0.717) is 25.5 Å².